The molecule has 0 spiro atoms. The molecular weight excluding hydrogens is 250 g/mol. The average Bonchev–Trinajstić information content (AvgIpc) is 2.46. The van der Waals surface area contributed by atoms with Crippen molar-refractivity contribution in [1.82, 2.24) is 0 Å². The first-order chi connectivity index (χ1) is 9.20. The minimum absolute atomic E-state index is 0.340. The first kappa shape index (κ1) is 14.2. The van der Waals surface area contributed by atoms with Crippen molar-refractivity contribution in [2.24, 2.45) is 0 Å². The van der Waals surface area contributed by atoms with E-state index in [0.717, 1.165) is 17.8 Å². The van der Waals surface area contributed by atoms with Gasteiger partial charge in [-0.15, -0.1) is 0 Å². The van der Waals surface area contributed by atoms with Gasteiger partial charge in [0, 0.05) is 19.5 Å². The van der Waals surface area contributed by atoms with Crippen molar-refractivity contribution < 1.29 is 5.11 Å². The van der Waals surface area contributed by atoms with Crippen LogP contribution in [0.5, 0.6) is 5.75 Å². The van der Waals surface area contributed by atoms with E-state index in [-0.39, 0.29) is 0 Å². The van der Waals surface area contributed by atoms with E-state index in [1.165, 1.54) is 5.30 Å². The van der Waals surface area contributed by atoms with Crippen molar-refractivity contribution in [3.63, 3.8) is 0 Å². The first-order valence-corrected chi connectivity index (χ1v) is 9.00. The molecule has 2 aromatic rings. The van der Waals surface area contributed by atoms with E-state index in [2.05, 4.69) is 57.2 Å². The van der Waals surface area contributed by atoms with Gasteiger partial charge in [-0.05, 0) is 43.6 Å². The van der Waals surface area contributed by atoms with Gasteiger partial charge < -0.3 is 5.11 Å². The largest absolute Gasteiger partial charge is 0.508 e. The second kappa shape index (κ2) is 6.26. The van der Waals surface area contributed by atoms with E-state index in [9.17, 15) is 5.11 Å². The SMILES string of the molecule is CC[P+]([B]c1cccc(O)c1)(CC)c1ccccc1. The van der Waals surface area contributed by atoms with Gasteiger partial charge in [0.05, 0.1) is 5.30 Å². The van der Waals surface area contributed by atoms with Gasteiger partial charge in [0.2, 0.25) is 0 Å². The van der Waals surface area contributed by atoms with Gasteiger partial charge in [-0.25, -0.2) is 0 Å². The molecule has 0 saturated heterocycles. The smallest absolute Gasteiger partial charge is 0.401 e. The number of hydrogen-bond donors (Lipinski definition) is 1. The summed E-state index contributed by atoms with van der Waals surface area (Å²) >= 11 is 0. The van der Waals surface area contributed by atoms with Crippen molar-refractivity contribution in [2.45, 2.75) is 13.8 Å². The van der Waals surface area contributed by atoms with Gasteiger partial charge in [-0.2, -0.15) is 0 Å². The van der Waals surface area contributed by atoms with Crippen LogP contribution in [-0.4, -0.2) is 24.4 Å². The fourth-order valence-electron chi connectivity index (χ4n) is 2.46. The van der Waals surface area contributed by atoms with E-state index in [1.807, 2.05) is 12.1 Å². The topological polar surface area (TPSA) is 20.2 Å². The molecule has 1 N–H and O–H groups in total. The zero-order valence-electron chi connectivity index (χ0n) is 11.6. The summed E-state index contributed by atoms with van der Waals surface area (Å²) in [6.45, 7) is 6.93. The van der Waals surface area contributed by atoms with Gasteiger partial charge >= 0.3 is 7.00 Å². The van der Waals surface area contributed by atoms with E-state index in [0.29, 0.717) is 5.75 Å². The van der Waals surface area contributed by atoms with Gasteiger partial charge in [-0.3, -0.25) is 0 Å². The highest BCUT2D eigenvalue weighted by Gasteiger charge is 2.38. The van der Waals surface area contributed by atoms with E-state index < -0.39 is 7.14 Å². The molecule has 97 valence electrons. The van der Waals surface area contributed by atoms with Crippen LogP contribution in [0.3, 0.4) is 0 Å². The number of benzene rings is 2. The van der Waals surface area contributed by atoms with Crippen LogP contribution in [0.25, 0.3) is 0 Å². The van der Waals surface area contributed by atoms with Crippen LogP contribution >= 0.6 is 7.14 Å². The molecule has 0 aliphatic carbocycles. The normalized spacial score (nSPS) is 11.3. The summed E-state index contributed by atoms with van der Waals surface area (Å²) in [6, 6.07) is 18.3. The maximum atomic E-state index is 9.62. The summed E-state index contributed by atoms with van der Waals surface area (Å²) < 4.78 is 0. The Kier molecular flexibility index (Phi) is 4.66. The molecule has 0 heterocycles. The molecule has 2 aromatic carbocycles. The van der Waals surface area contributed by atoms with Crippen LogP contribution in [0, 0.1) is 0 Å². The number of phenolic OH excluding ortho intramolecular Hbond substituents is 1. The molecule has 2 rings (SSSR count). The number of hydrogen-bond acceptors (Lipinski definition) is 1. The highest BCUT2D eigenvalue weighted by atomic mass is 31.2. The summed E-state index contributed by atoms with van der Waals surface area (Å²) in [5.74, 6) is 0.340. The maximum absolute atomic E-state index is 9.62. The second-order valence-electron chi connectivity index (χ2n) is 4.73. The van der Waals surface area contributed by atoms with Gasteiger partial charge in [0.25, 0.3) is 0 Å². The van der Waals surface area contributed by atoms with E-state index in [1.54, 1.807) is 6.07 Å². The van der Waals surface area contributed by atoms with Crippen molar-refractivity contribution in [2.75, 3.05) is 12.3 Å². The standard InChI is InChI=1S/C16H20BOP/c1-3-19(4-2,16-11-6-5-7-12-16)17-14-9-8-10-15(18)13-14/h5-13,18H,3-4H2,1-2H3/q+1. The Balaban J connectivity index is 2.35. The van der Waals surface area contributed by atoms with Crippen LogP contribution < -0.4 is 10.8 Å². The molecule has 0 saturated carbocycles. The number of aromatic hydroxyl groups is 1. The third kappa shape index (κ3) is 3.19. The molecule has 0 bridgehead atoms. The molecule has 0 unspecified atom stereocenters. The predicted molar refractivity (Wildman–Crippen MR) is 87.6 cm³/mol. The zero-order valence-corrected chi connectivity index (χ0v) is 12.5. The van der Waals surface area contributed by atoms with Crippen molar-refractivity contribution in [1.29, 1.82) is 0 Å². The van der Waals surface area contributed by atoms with Crippen molar-refractivity contribution >= 4 is 24.9 Å². The molecule has 0 atom stereocenters. The van der Waals surface area contributed by atoms with Gasteiger partial charge in [0.15, 0.2) is 0 Å². The molecule has 3 heteroatoms. The van der Waals surface area contributed by atoms with Gasteiger partial charge in [-0.1, -0.05) is 30.3 Å². The van der Waals surface area contributed by atoms with Crippen molar-refractivity contribution in [3.05, 3.63) is 54.6 Å². The molecule has 1 nitrogen and oxygen atoms in total. The fourth-order valence-corrected chi connectivity index (χ4v) is 5.65. The summed E-state index contributed by atoms with van der Waals surface area (Å²) in [7, 11) is -1.29. The highest BCUT2D eigenvalue weighted by Crippen LogP contribution is 2.54. The Labute approximate surface area is 117 Å². The Hall–Kier alpha value is -1.27. The monoisotopic (exact) mass is 270 g/mol. The Morgan fingerprint density at radius 3 is 2.21 bits per heavy atom. The summed E-state index contributed by atoms with van der Waals surface area (Å²) in [5, 5.41) is 11.1. The molecular formula is C16H20BOP+. The zero-order chi connectivity index (χ0) is 13.7. The molecule has 19 heavy (non-hydrogen) atoms. The summed E-state index contributed by atoms with van der Waals surface area (Å²) in [4.78, 5) is 0. The van der Waals surface area contributed by atoms with Crippen LogP contribution in [0.2, 0.25) is 0 Å². The van der Waals surface area contributed by atoms with Crippen molar-refractivity contribution in [3.8, 4) is 5.75 Å². The summed E-state index contributed by atoms with van der Waals surface area (Å²) in [5.41, 5.74) is 1.13. The lowest BCUT2D eigenvalue weighted by Gasteiger charge is -2.24. The maximum Gasteiger partial charge on any atom is 0.401 e. The lowest BCUT2D eigenvalue weighted by atomic mass is 9.94. The first-order valence-electron chi connectivity index (χ1n) is 6.77. The quantitative estimate of drug-likeness (QED) is 0.654. The third-order valence-electron chi connectivity index (χ3n) is 3.67. The summed E-state index contributed by atoms with van der Waals surface area (Å²) in [6.07, 6.45) is 2.31. The third-order valence-corrected chi connectivity index (χ3v) is 8.04. The van der Waals surface area contributed by atoms with Crippen LogP contribution in [0.15, 0.2) is 54.6 Å². The molecule has 0 aliphatic heterocycles. The number of rotatable bonds is 5. The molecule has 1 radical (unpaired) electrons. The van der Waals surface area contributed by atoms with E-state index in [4.69, 9.17) is 0 Å². The Bertz CT molecular complexity index is 523. The van der Waals surface area contributed by atoms with Crippen LogP contribution in [0.4, 0.5) is 0 Å². The second-order valence-corrected chi connectivity index (χ2v) is 8.83. The molecule has 0 aliphatic rings. The molecule has 0 aromatic heterocycles. The minimum atomic E-state index is -1.29. The van der Waals surface area contributed by atoms with Gasteiger partial charge in [0.1, 0.15) is 5.75 Å². The minimum Gasteiger partial charge on any atom is -0.508 e. The molecule has 0 fully saturated rings. The molecule has 0 amide bonds. The van der Waals surface area contributed by atoms with E-state index >= 15 is 0 Å². The Morgan fingerprint density at radius 1 is 0.947 bits per heavy atom. The average molecular weight is 270 g/mol. The van der Waals surface area contributed by atoms with Crippen LogP contribution in [-0.2, 0) is 0 Å². The van der Waals surface area contributed by atoms with Crippen LogP contribution in [0.1, 0.15) is 13.8 Å². The lowest BCUT2D eigenvalue weighted by molar-refractivity contribution is 0.476. The lowest BCUT2D eigenvalue weighted by Crippen LogP contribution is -2.28. The Morgan fingerprint density at radius 2 is 1.63 bits per heavy atom. The fraction of sp³-hybridized carbons (Fsp3) is 0.250. The number of phenols is 1. The highest BCUT2D eigenvalue weighted by molar-refractivity contribution is 8.07. The predicted octanol–water partition coefficient (Wildman–Crippen LogP) is 3.02.